The molecule has 1 unspecified atom stereocenters. The molecule has 1 rings (SSSR count). The Morgan fingerprint density at radius 3 is 2.55 bits per heavy atom. The van der Waals surface area contributed by atoms with Crippen LogP contribution < -0.4 is 0 Å². The van der Waals surface area contributed by atoms with Gasteiger partial charge in [-0.1, -0.05) is 18.1 Å². The predicted molar refractivity (Wildman–Crippen MR) is 44.2 cm³/mol. The summed E-state index contributed by atoms with van der Waals surface area (Å²) in [5, 5.41) is 11.2. The maximum atomic E-state index is 11.2. The highest BCUT2D eigenvalue weighted by molar-refractivity contribution is 7.91. The van der Waals surface area contributed by atoms with Crippen molar-refractivity contribution < 1.29 is 9.66 Å². The van der Waals surface area contributed by atoms with Gasteiger partial charge in [0.05, 0.1) is 0 Å². The van der Waals surface area contributed by atoms with Gasteiger partial charge in [0.25, 0.3) is 0 Å². The van der Waals surface area contributed by atoms with Crippen LogP contribution in [0, 0.1) is 0 Å². The largest absolute Gasteiger partial charge is 0.616 e. The maximum Gasteiger partial charge on any atom is 0.146 e. The van der Waals surface area contributed by atoms with Gasteiger partial charge in [-0.3, -0.25) is 4.90 Å². The van der Waals surface area contributed by atoms with Crippen LogP contribution in [0.4, 0.5) is 0 Å². The molecule has 1 atom stereocenters. The summed E-state index contributed by atoms with van der Waals surface area (Å²) in [6.07, 6.45) is 0.0689. The fourth-order valence-corrected chi connectivity index (χ4v) is 2.28. The zero-order valence-corrected chi connectivity index (χ0v) is 7.60. The van der Waals surface area contributed by atoms with Crippen LogP contribution in [-0.2, 0) is 16.3 Å². The van der Waals surface area contributed by atoms with Crippen LogP contribution in [0.5, 0.6) is 0 Å². The highest BCUT2D eigenvalue weighted by atomic mass is 32.2. The summed E-state index contributed by atoms with van der Waals surface area (Å²) < 4.78 is 10.9. The molecular weight excluding hydrogens is 162 g/mol. The van der Waals surface area contributed by atoms with Gasteiger partial charge in [-0.2, -0.15) is 0 Å². The fourth-order valence-electron chi connectivity index (χ4n) is 1.20. The summed E-state index contributed by atoms with van der Waals surface area (Å²) in [5.41, 5.74) is 0. The second-order valence-electron chi connectivity index (χ2n) is 2.75. The van der Waals surface area contributed by atoms with Gasteiger partial charge in [-0.05, 0) is 6.42 Å². The Labute approximate surface area is 70.6 Å². The van der Waals surface area contributed by atoms with E-state index in [1.54, 1.807) is 0 Å². The highest BCUT2D eigenvalue weighted by Crippen LogP contribution is 2.08. The van der Waals surface area contributed by atoms with E-state index in [2.05, 4.69) is 0 Å². The van der Waals surface area contributed by atoms with Crippen molar-refractivity contribution in [3.8, 4) is 0 Å². The van der Waals surface area contributed by atoms with Crippen LogP contribution in [0.1, 0.15) is 13.3 Å². The number of hydrogen-bond donors (Lipinski definition) is 0. The monoisotopic (exact) mass is 176 g/mol. The minimum atomic E-state index is -0.660. The predicted octanol–water partition coefficient (Wildman–Crippen LogP) is 0.217. The molecule has 11 heavy (non-hydrogen) atoms. The minimum absolute atomic E-state index is 0.577. The Hall–Kier alpha value is 0.230. The van der Waals surface area contributed by atoms with Gasteiger partial charge in [-0.15, -0.1) is 0 Å². The highest BCUT2D eigenvalue weighted by Gasteiger charge is 2.23. The lowest BCUT2D eigenvalue weighted by atomic mass is 10.3. The first-order valence-electron chi connectivity index (χ1n) is 3.99. The van der Waals surface area contributed by atoms with Crippen LogP contribution >= 0.6 is 0 Å². The molecule has 3 nitrogen and oxygen atoms in total. The summed E-state index contributed by atoms with van der Waals surface area (Å²) in [6.45, 7) is 3.33. The van der Waals surface area contributed by atoms with Gasteiger partial charge >= 0.3 is 0 Å². The van der Waals surface area contributed by atoms with E-state index in [-0.39, 0.29) is 0 Å². The van der Waals surface area contributed by atoms with E-state index in [1.165, 1.54) is 0 Å². The van der Waals surface area contributed by atoms with Crippen molar-refractivity contribution in [1.29, 1.82) is 0 Å². The smallest absolute Gasteiger partial charge is 0.146 e. The van der Waals surface area contributed by atoms with E-state index in [9.17, 15) is 9.66 Å². The Morgan fingerprint density at radius 2 is 2.09 bits per heavy atom. The molecule has 1 fully saturated rings. The second kappa shape index (κ2) is 4.30. The van der Waals surface area contributed by atoms with E-state index < -0.39 is 17.4 Å². The first-order valence-corrected chi connectivity index (χ1v) is 5.47. The fraction of sp³-hybridized carbons (Fsp3) is 1.00. The van der Waals surface area contributed by atoms with Crippen LogP contribution in [0.2, 0.25) is 0 Å². The zero-order chi connectivity index (χ0) is 8.27. The molecule has 1 heterocycles. The molecule has 0 aromatic heterocycles. The molecule has 0 aromatic rings. The average Bonchev–Trinajstić information content (AvgIpc) is 2.05. The summed E-state index contributed by atoms with van der Waals surface area (Å²) in [7, 11) is 0. The van der Waals surface area contributed by atoms with Gasteiger partial charge in [0.15, 0.2) is 0 Å². The lowest BCUT2D eigenvalue weighted by Crippen LogP contribution is -2.45. The molecule has 65 valence electrons. The minimum Gasteiger partial charge on any atom is -0.616 e. The van der Waals surface area contributed by atoms with Gasteiger partial charge < -0.3 is 4.55 Å². The van der Waals surface area contributed by atoms with Gasteiger partial charge in [-0.25, -0.2) is 5.11 Å². The molecule has 0 amide bonds. The molecule has 0 N–H and O–H groups in total. The lowest BCUT2D eigenvalue weighted by molar-refractivity contribution is -0.0460. The van der Waals surface area contributed by atoms with Crippen molar-refractivity contribution >= 4 is 11.2 Å². The quantitative estimate of drug-likeness (QED) is 0.565. The van der Waals surface area contributed by atoms with Crippen molar-refractivity contribution in [1.82, 2.24) is 4.90 Å². The van der Waals surface area contributed by atoms with Crippen molar-refractivity contribution in [2.24, 2.45) is 0 Å². The zero-order valence-electron chi connectivity index (χ0n) is 6.78. The van der Waals surface area contributed by atoms with Crippen molar-refractivity contribution in [3.05, 3.63) is 0 Å². The van der Waals surface area contributed by atoms with Crippen LogP contribution in [0.15, 0.2) is 0 Å². The van der Waals surface area contributed by atoms with Crippen molar-refractivity contribution in [2.75, 3.05) is 24.6 Å². The van der Waals surface area contributed by atoms with E-state index in [0.717, 1.165) is 0 Å². The number of nitrogens with zero attached hydrogens (tertiary/aromatic N) is 1. The standard InChI is InChI=1S/C7H14NO2S/c1-2-7(9)8-3-5-11(10)6-4-8/h7H,2-6H2,1H3. The lowest BCUT2D eigenvalue weighted by Gasteiger charge is -2.30. The summed E-state index contributed by atoms with van der Waals surface area (Å²) in [6, 6.07) is 0. The van der Waals surface area contributed by atoms with Crippen molar-refractivity contribution in [3.63, 3.8) is 0 Å². The van der Waals surface area contributed by atoms with E-state index in [0.29, 0.717) is 31.0 Å². The summed E-state index contributed by atoms with van der Waals surface area (Å²) >= 11 is -0.660. The Kier molecular flexibility index (Phi) is 3.65. The van der Waals surface area contributed by atoms with Gasteiger partial charge in [0, 0.05) is 13.1 Å². The third kappa shape index (κ3) is 2.63. The third-order valence-electron chi connectivity index (χ3n) is 1.97. The molecule has 0 bridgehead atoms. The van der Waals surface area contributed by atoms with Crippen LogP contribution in [0.3, 0.4) is 0 Å². The summed E-state index contributed by atoms with van der Waals surface area (Å²) in [5.74, 6) is 1.36. The molecule has 1 aliphatic heterocycles. The molecule has 1 radical (unpaired) electrons. The number of rotatable bonds is 2. The Bertz CT molecular complexity index is 115. The average molecular weight is 176 g/mol. The Balaban J connectivity index is 2.27. The van der Waals surface area contributed by atoms with E-state index >= 15 is 0 Å². The van der Waals surface area contributed by atoms with Crippen LogP contribution in [-0.4, -0.2) is 40.3 Å². The molecular formula is C7H14NO2S. The Morgan fingerprint density at radius 1 is 1.55 bits per heavy atom. The number of hydrogen-bond acceptors (Lipinski definition) is 2. The van der Waals surface area contributed by atoms with Gasteiger partial charge in [0.2, 0.25) is 0 Å². The molecule has 1 aliphatic rings. The van der Waals surface area contributed by atoms with E-state index in [1.807, 2.05) is 11.8 Å². The molecule has 4 heteroatoms. The molecule has 0 aromatic carbocycles. The first kappa shape index (κ1) is 9.32. The maximum absolute atomic E-state index is 11.2. The summed E-state index contributed by atoms with van der Waals surface area (Å²) in [4.78, 5) is 1.88. The normalized spacial score (nSPS) is 25.4. The van der Waals surface area contributed by atoms with Gasteiger partial charge in [0.1, 0.15) is 17.7 Å². The van der Waals surface area contributed by atoms with E-state index in [4.69, 9.17) is 0 Å². The third-order valence-corrected chi connectivity index (χ3v) is 3.24. The molecule has 0 spiro atoms. The molecule has 0 aliphatic carbocycles. The van der Waals surface area contributed by atoms with Crippen LogP contribution in [0.25, 0.3) is 0 Å². The SMILES string of the molecule is CCC([O])N1CC[S+]([O-])CC1. The first-order chi connectivity index (χ1) is 5.24. The van der Waals surface area contributed by atoms with Crippen molar-refractivity contribution in [2.45, 2.75) is 19.6 Å². The molecule has 0 saturated carbocycles. The topological polar surface area (TPSA) is 46.2 Å². The second-order valence-corrected chi connectivity index (χ2v) is 4.44. The molecule has 1 saturated heterocycles.